The molecule has 2 saturated heterocycles. The number of rotatable bonds is 16. The number of hydrogen-bond donors (Lipinski definition) is 5. The number of nitrogens with one attached hydrogen (secondary N) is 4. The van der Waals surface area contributed by atoms with E-state index in [1.165, 1.54) is 26.3 Å². The third-order valence-electron chi connectivity index (χ3n) is 8.66. The van der Waals surface area contributed by atoms with E-state index >= 15 is 0 Å². The Morgan fingerprint density at radius 3 is 2.47 bits per heavy atom. The van der Waals surface area contributed by atoms with E-state index in [-0.39, 0.29) is 36.3 Å². The monoisotopic (exact) mass is 676 g/mol. The number of carbonyl (C=O) groups excluding carboxylic acids is 2. The van der Waals surface area contributed by atoms with E-state index < -0.39 is 52.1 Å². The molecule has 0 aromatic heterocycles. The summed E-state index contributed by atoms with van der Waals surface area (Å²) in [5.74, 6) is 0.432. The number of urea groups is 1. The number of hydrogen-bond acceptors (Lipinski definition) is 9. The normalized spacial score (nSPS) is 21.3. The van der Waals surface area contributed by atoms with Crippen LogP contribution in [0, 0.1) is 11.3 Å². The van der Waals surface area contributed by atoms with Crippen LogP contribution in [0.25, 0.3) is 0 Å². The van der Waals surface area contributed by atoms with Gasteiger partial charge >= 0.3 is 12.1 Å². The number of aliphatic hydroxyl groups excluding tert-OH is 1. The van der Waals surface area contributed by atoms with Gasteiger partial charge in [0.15, 0.2) is 6.29 Å². The standard InChI is InChI=1S/C33H48N4O9S/c1-33(2,16-8-17-35-31(39)34-3)20-27(37-47(41,42)24-13-11-23(43-4)12-14-24)29(38)26(19-22-9-6-5-7-10-22)36-32(40)46-28-21-45-30-25(28)15-18-44-30/h5-7,9-14,25-30,37-38H,8,15-21H2,1-4H3,(H,36,40)(H2,34,35,39)/t25-,26+,27?,28-,29-,30+/m1/s1. The molecule has 0 spiro atoms. The first-order valence-electron chi connectivity index (χ1n) is 15.9. The summed E-state index contributed by atoms with van der Waals surface area (Å²) >= 11 is 0. The third-order valence-corrected chi connectivity index (χ3v) is 10.2. The number of carbonyl (C=O) groups is 2. The number of ether oxygens (including phenoxy) is 4. The van der Waals surface area contributed by atoms with Crippen LogP contribution < -0.4 is 25.4 Å². The molecule has 3 amide bonds. The first-order valence-corrected chi connectivity index (χ1v) is 17.4. The summed E-state index contributed by atoms with van der Waals surface area (Å²) in [5, 5.41) is 20.1. The summed E-state index contributed by atoms with van der Waals surface area (Å²) in [6.07, 6.45) is -0.594. The Balaban J connectivity index is 1.56. The van der Waals surface area contributed by atoms with Gasteiger partial charge in [0.1, 0.15) is 11.9 Å². The number of aliphatic hydroxyl groups is 1. The first-order chi connectivity index (χ1) is 22.4. The third kappa shape index (κ3) is 10.5. The summed E-state index contributed by atoms with van der Waals surface area (Å²) in [6, 6.07) is 13.1. The molecular formula is C33H48N4O9S. The summed E-state index contributed by atoms with van der Waals surface area (Å²) in [4.78, 5) is 24.9. The Kier molecular flexibility index (Phi) is 12.9. The molecule has 260 valence electrons. The van der Waals surface area contributed by atoms with Crippen LogP contribution >= 0.6 is 0 Å². The molecule has 4 rings (SSSR count). The highest BCUT2D eigenvalue weighted by Crippen LogP contribution is 2.34. The van der Waals surface area contributed by atoms with Crippen molar-refractivity contribution in [2.75, 3.05) is 33.9 Å². The van der Waals surface area contributed by atoms with E-state index in [0.717, 1.165) is 5.56 Å². The number of methoxy groups -OCH3 is 1. The highest BCUT2D eigenvalue weighted by atomic mass is 32.2. The maximum absolute atomic E-state index is 13.7. The molecule has 0 saturated carbocycles. The molecule has 14 heteroatoms. The largest absolute Gasteiger partial charge is 0.497 e. The van der Waals surface area contributed by atoms with Crippen molar-refractivity contribution in [2.45, 2.75) is 81.4 Å². The molecule has 2 fully saturated rings. The molecule has 2 aliphatic heterocycles. The van der Waals surface area contributed by atoms with E-state index in [1.807, 2.05) is 44.2 Å². The Morgan fingerprint density at radius 2 is 1.79 bits per heavy atom. The number of alkyl carbamates (subject to hydrolysis) is 1. The van der Waals surface area contributed by atoms with Crippen molar-refractivity contribution >= 4 is 22.1 Å². The van der Waals surface area contributed by atoms with Crippen LogP contribution in [-0.4, -0.2) is 90.1 Å². The lowest BCUT2D eigenvalue weighted by Gasteiger charge is -2.36. The molecule has 2 aliphatic rings. The highest BCUT2D eigenvalue weighted by Gasteiger charge is 2.44. The zero-order valence-electron chi connectivity index (χ0n) is 27.4. The van der Waals surface area contributed by atoms with Crippen molar-refractivity contribution in [1.82, 2.24) is 20.7 Å². The van der Waals surface area contributed by atoms with Gasteiger partial charge in [-0.1, -0.05) is 44.2 Å². The highest BCUT2D eigenvalue weighted by molar-refractivity contribution is 7.89. The molecule has 2 aromatic carbocycles. The smallest absolute Gasteiger partial charge is 0.407 e. The van der Waals surface area contributed by atoms with Crippen molar-refractivity contribution < 1.29 is 42.1 Å². The van der Waals surface area contributed by atoms with Crippen molar-refractivity contribution in [3.63, 3.8) is 0 Å². The SMILES string of the molecule is CNC(=O)NCCCC(C)(C)CC(NS(=O)(=O)c1ccc(OC)cc1)[C@H](O)[C@H](Cc1ccccc1)NC(=O)O[C@@H]1CO[C@@H]2OCC[C@@H]21. The van der Waals surface area contributed by atoms with Gasteiger partial charge in [0.25, 0.3) is 0 Å². The predicted octanol–water partition coefficient (Wildman–Crippen LogP) is 2.93. The number of amides is 3. The first kappa shape index (κ1) is 36.4. The minimum Gasteiger partial charge on any atom is -0.497 e. The number of benzene rings is 2. The summed E-state index contributed by atoms with van der Waals surface area (Å²) in [5.41, 5.74) is 0.358. The van der Waals surface area contributed by atoms with Gasteiger partial charge in [-0.2, -0.15) is 0 Å². The maximum atomic E-state index is 13.7. The van der Waals surface area contributed by atoms with Gasteiger partial charge < -0.3 is 40.0 Å². The number of fused-ring (bicyclic) bond motifs is 1. The molecule has 47 heavy (non-hydrogen) atoms. The lowest BCUT2D eigenvalue weighted by Crippen LogP contribution is -2.56. The van der Waals surface area contributed by atoms with Crippen LogP contribution in [-0.2, 0) is 30.7 Å². The van der Waals surface area contributed by atoms with Crippen LogP contribution in [0.3, 0.4) is 0 Å². The molecule has 13 nitrogen and oxygen atoms in total. The van der Waals surface area contributed by atoms with Crippen LogP contribution in [0.5, 0.6) is 5.75 Å². The summed E-state index contributed by atoms with van der Waals surface area (Å²) in [6.45, 7) is 5.11. The van der Waals surface area contributed by atoms with Crippen LogP contribution in [0.2, 0.25) is 0 Å². The van der Waals surface area contributed by atoms with Gasteiger partial charge in [-0.15, -0.1) is 0 Å². The molecule has 0 aliphatic carbocycles. The maximum Gasteiger partial charge on any atom is 0.407 e. The van der Waals surface area contributed by atoms with E-state index in [1.54, 1.807) is 12.1 Å². The van der Waals surface area contributed by atoms with Crippen LogP contribution in [0.4, 0.5) is 9.59 Å². The Bertz CT molecular complexity index is 1410. The average Bonchev–Trinajstić information content (AvgIpc) is 3.67. The zero-order valence-corrected chi connectivity index (χ0v) is 28.3. The van der Waals surface area contributed by atoms with E-state index in [4.69, 9.17) is 18.9 Å². The van der Waals surface area contributed by atoms with Gasteiger partial charge in [0, 0.05) is 13.6 Å². The van der Waals surface area contributed by atoms with Gasteiger partial charge in [-0.3, -0.25) is 0 Å². The van der Waals surface area contributed by atoms with Crippen molar-refractivity contribution in [2.24, 2.45) is 11.3 Å². The quantitative estimate of drug-likeness (QED) is 0.168. The molecule has 5 N–H and O–H groups in total. The van der Waals surface area contributed by atoms with Crippen molar-refractivity contribution in [3.05, 3.63) is 60.2 Å². The average molecular weight is 677 g/mol. The molecule has 1 unspecified atom stereocenters. The van der Waals surface area contributed by atoms with E-state index in [2.05, 4.69) is 20.7 Å². The lowest BCUT2D eigenvalue weighted by atomic mass is 9.79. The summed E-state index contributed by atoms with van der Waals surface area (Å²) in [7, 11) is -1.08. The molecular weight excluding hydrogens is 628 g/mol. The van der Waals surface area contributed by atoms with Gasteiger partial charge in [-0.05, 0) is 67.3 Å². The minimum absolute atomic E-state index is 0.00429. The van der Waals surface area contributed by atoms with E-state index in [0.29, 0.717) is 38.2 Å². The topological polar surface area (TPSA) is 174 Å². The Labute approximate surface area is 277 Å². The molecule has 0 bridgehead atoms. The second kappa shape index (κ2) is 16.6. The summed E-state index contributed by atoms with van der Waals surface area (Å²) < 4.78 is 52.2. The Hall–Kier alpha value is -3.43. The second-order valence-electron chi connectivity index (χ2n) is 12.8. The van der Waals surface area contributed by atoms with E-state index in [9.17, 15) is 23.1 Å². The molecule has 2 heterocycles. The van der Waals surface area contributed by atoms with Gasteiger partial charge in [-0.25, -0.2) is 22.7 Å². The fourth-order valence-electron chi connectivity index (χ4n) is 6.08. The molecule has 6 atom stereocenters. The molecule has 0 radical (unpaired) electrons. The lowest BCUT2D eigenvalue weighted by molar-refractivity contribution is -0.0907. The zero-order chi connectivity index (χ0) is 34.0. The van der Waals surface area contributed by atoms with Crippen molar-refractivity contribution in [1.29, 1.82) is 0 Å². The Morgan fingerprint density at radius 1 is 1.06 bits per heavy atom. The van der Waals surface area contributed by atoms with Crippen LogP contribution in [0.1, 0.15) is 45.1 Å². The van der Waals surface area contributed by atoms with Crippen molar-refractivity contribution in [3.8, 4) is 5.75 Å². The second-order valence-corrected chi connectivity index (χ2v) is 14.5. The van der Waals surface area contributed by atoms with Gasteiger partial charge in [0.05, 0.1) is 49.3 Å². The minimum atomic E-state index is -4.11. The van der Waals surface area contributed by atoms with Gasteiger partial charge in [0.2, 0.25) is 10.0 Å². The van der Waals surface area contributed by atoms with Crippen LogP contribution in [0.15, 0.2) is 59.5 Å². The predicted molar refractivity (Wildman–Crippen MR) is 174 cm³/mol. The fraction of sp³-hybridized carbons (Fsp3) is 0.576. The fourth-order valence-corrected chi connectivity index (χ4v) is 7.34. The molecule has 2 aromatic rings. The number of sulfonamides is 1.